The van der Waals surface area contributed by atoms with Gasteiger partial charge in [0.25, 0.3) is 0 Å². The van der Waals surface area contributed by atoms with Crippen LogP contribution in [0, 0.1) is 0 Å². The van der Waals surface area contributed by atoms with E-state index in [1.165, 1.54) is 0 Å². The molecule has 0 saturated heterocycles. The van der Waals surface area contributed by atoms with Crippen molar-refractivity contribution in [2.75, 3.05) is 0 Å². The lowest BCUT2D eigenvalue weighted by atomic mass is 10.4. The Balaban J connectivity index is 2.23. The molecule has 68 valence electrons. The van der Waals surface area contributed by atoms with Crippen molar-refractivity contribution in [3.8, 4) is 10.8 Å². The molecule has 0 amide bonds. The van der Waals surface area contributed by atoms with Gasteiger partial charge in [0.1, 0.15) is 5.01 Å². The molecule has 2 heterocycles. The maximum Gasteiger partial charge on any atom is 0.183 e. The molecule has 2 aromatic heterocycles. The van der Waals surface area contributed by atoms with E-state index in [0.29, 0.717) is 0 Å². The molecule has 0 aliphatic heterocycles. The number of rotatable bonds is 3. The van der Waals surface area contributed by atoms with Gasteiger partial charge in [-0.15, -0.1) is 10.2 Å². The highest BCUT2D eigenvalue weighted by molar-refractivity contribution is 7.14. The molecule has 0 aromatic carbocycles. The van der Waals surface area contributed by atoms with Crippen LogP contribution in [-0.4, -0.2) is 10.2 Å². The molecule has 0 unspecified atom stereocenters. The second-order valence-corrected chi connectivity index (χ2v) is 3.79. The van der Waals surface area contributed by atoms with Crippen molar-refractivity contribution in [3.63, 3.8) is 0 Å². The summed E-state index contributed by atoms with van der Waals surface area (Å²) in [7, 11) is 0. The van der Waals surface area contributed by atoms with Crippen LogP contribution in [0.2, 0.25) is 0 Å². The molecule has 0 aliphatic rings. The van der Waals surface area contributed by atoms with Crippen molar-refractivity contribution < 1.29 is 4.42 Å². The molecule has 0 spiro atoms. The van der Waals surface area contributed by atoms with E-state index < -0.39 is 0 Å². The fourth-order valence-electron chi connectivity index (χ4n) is 1.07. The van der Waals surface area contributed by atoms with Gasteiger partial charge in [-0.3, -0.25) is 0 Å². The molecule has 4 heteroatoms. The number of aromatic nitrogens is 2. The van der Waals surface area contributed by atoms with Crippen LogP contribution in [0.1, 0.15) is 18.4 Å². The average molecular weight is 194 g/mol. The first-order valence-electron chi connectivity index (χ1n) is 4.26. The fraction of sp³-hybridized carbons (Fsp3) is 0.333. The van der Waals surface area contributed by atoms with Crippen molar-refractivity contribution in [1.29, 1.82) is 0 Å². The zero-order chi connectivity index (χ0) is 9.10. The van der Waals surface area contributed by atoms with Gasteiger partial charge in [-0.25, -0.2) is 0 Å². The van der Waals surface area contributed by atoms with E-state index in [1.54, 1.807) is 17.6 Å². The predicted molar refractivity (Wildman–Crippen MR) is 51.6 cm³/mol. The van der Waals surface area contributed by atoms with E-state index in [4.69, 9.17) is 4.42 Å². The van der Waals surface area contributed by atoms with Gasteiger partial charge >= 0.3 is 0 Å². The summed E-state index contributed by atoms with van der Waals surface area (Å²) < 4.78 is 5.22. The molecule has 0 bridgehead atoms. The third kappa shape index (κ3) is 1.78. The van der Waals surface area contributed by atoms with Crippen LogP contribution in [0.3, 0.4) is 0 Å². The largest absolute Gasteiger partial charge is 0.462 e. The summed E-state index contributed by atoms with van der Waals surface area (Å²) in [4.78, 5) is 0. The van der Waals surface area contributed by atoms with E-state index in [9.17, 15) is 0 Å². The quantitative estimate of drug-likeness (QED) is 0.754. The minimum atomic E-state index is 0.805. The molecule has 0 N–H and O–H groups in total. The van der Waals surface area contributed by atoms with E-state index >= 15 is 0 Å². The van der Waals surface area contributed by atoms with Crippen molar-refractivity contribution in [1.82, 2.24) is 10.2 Å². The third-order valence-corrected chi connectivity index (χ3v) is 2.66. The minimum Gasteiger partial charge on any atom is -0.462 e. The summed E-state index contributed by atoms with van der Waals surface area (Å²) >= 11 is 1.60. The van der Waals surface area contributed by atoms with Gasteiger partial charge in [0.2, 0.25) is 0 Å². The van der Waals surface area contributed by atoms with E-state index in [-0.39, 0.29) is 0 Å². The summed E-state index contributed by atoms with van der Waals surface area (Å²) in [5.41, 5.74) is 0. The van der Waals surface area contributed by atoms with Crippen LogP contribution >= 0.6 is 11.3 Å². The molecule has 0 radical (unpaired) electrons. The fourth-order valence-corrected chi connectivity index (χ4v) is 1.98. The lowest BCUT2D eigenvalue weighted by Crippen LogP contribution is -1.79. The van der Waals surface area contributed by atoms with Gasteiger partial charge in [0.15, 0.2) is 10.8 Å². The summed E-state index contributed by atoms with van der Waals surface area (Å²) in [6, 6.07) is 3.76. The Morgan fingerprint density at radius 2 is 2.38 bits per heavy atom. The van der Waals surface area contributed by atoms with Gasteiger partial charge in [0.05, 0.1) is 6.26 Å². The SMILES string of the molecule is CCCc1nnc(-c2ccco2)s1. The Morgan fingerprint density at radius 1 is 1.46 bits per heavy atom. The number of hydrogen-bond donors (Lipinski definition) is 0. The number of aryl methyl sites for hydroxylation is 1. The second kappa shape index (κ2) is 3.70. The van der Waals surface area contributed by atoms with Crippen molar-refractivity contribution in [3.05, 3.63) is 23.4 Å². The first kappa shape index (κ1) is 8.44. The zero-order valence-corrected chi connectivity index (χ0v) is 8.17. The van der Waals surface area contributed by atoms with Crippen molar-refractivity contribution >= 4 is 11.3 Å². The smallest absolute Gasteiger partial charge is 0.183 e. The van der Waals surface area contributed by atoms with Crippen LogP contribution < -0.4 is 0 Å². The third-order valence-electron chi connectivity index (χ3n) is 1.66. The standard InChI is InChI=1S/C9H10N2OS/c1-2-4-8-10-11-9(13-8)7-5-3-6-12-7/h3,5-6H,2,4H2,1H3. The summed E-state index contributed by atoms with van der Waals surface area (Å²) in [5, 5.41) is 10.1. The van der Waals surface area contributed by atoms with Gasteiger partial charge in [-0.1, -0.05) is 18.3 Å². The first-order chi connectivity index (χ1) is 6.40. The maximum atomic E-state index is 5.22. The predicted octanol–water partition coefficient (Wildman–Crippen LogP) is 2.75. The van der Waals surface area contributed by atoms with Crippen molar-refractivity contribution in [2.45, 2.75) is 19.8 Å². The van der Waals surface area contributed by atoms with Crippen LogP contribution in [0.15, 0.2) is 22.8 Å². The Kier molecular flexibility index (Phi) is 2.40. The van der Waals surface area contributed by atoms with Gasteiger partial charge in [-0.05, 0) is 18.6 Å². The average Bonchev–Trinajstić information content (AvgIpc) is 2.70. The lowest BCUT2D eigenvalue weighted by molar-refractivity contribution is 0.581. The molecular formula is C9H10N2OS. The van der Waals surface area contributed by atoms with Crippen LogP contribution in [0.25, 0.3) is 10.8 Å². The Morgan fingerprint density at radius 3 is 3.08 bits per heavy atom. The molecule has 2 aromatic rings. The van der Waals surface area contributed by atoms with Crippen LogP contribution in [-0.2, 0) is 6.42 Å². The molecule has 0 aliphatic carbocycles. The van der Waals surface area contributed by atoms with Crippen LogP contribution in [0.5, 0.6) is 0 Å². The lowest BCUT2D eigenvalue weighted by Gasteiger charge is -1.85. The number of furan rings is 1. The highest BCUT2D eigenvalue weighted by atomic mass is 32.1. The van der Waals surface area contributed by atoms with Gasteiger partial charge in [-0.2, -0.15) is 0 Å². The topological polar surface area (TPSA) is 38.9 Å². The van der Waals surface area contributed by atoms with E-state index in [1.807, 2.05) is 12.1 Å². The van der Waals surface area contributed by atoms with Gasteiger partial charge < -0.3 is 4.42 Å². The normalized spacial score (nSPS) is 10.5. The minimum absolute atomic E-state index is 0.805. The second-order valence-electron chi connectivity index (χ2n) is 2.73. The molecule has 0 atom stereocenters. The van der Waals surface area contributed by atoms with Crippen LogP contribution in [0.4, 0.5) is 0 Å². The Labute approximate surface area is 80.4 Å². The molecule has 0 fully saturated rings. The maximum absolute atomic E-state index is 5.22. The summed E-state index contributed by atoms with van der Waals surface area (Å²) in [6.07, 6.45) is 3.75. The molecule has 13 heavy (non-hydrogen) atoms. The van der Waals surface area contributed by atoms with E-state index in [0.717, 1.165) is 28.6 Å². The summed E-state index contributed by atoms with van der Waals surface area (Å²) in [6.45, 7) is 2.13. The van der Waals surface area contributed by atoms with Crippen molar-refractivity contribution in [2.24, 2.45) is 0 Å². The highest BCUT2D eigenvalue weighted by Gasteiger charge is 2.07. The summed E-state index contributed by atoms with van der Waals surface area (Å²) in [5.74, 6) is 0.805. The Bertz CT molecular complexity index is 367. The molecule has 3 nitrogen and oxygen atoms in total. The molecular weight excluding hydrogens is 184 g/mol. The number of hydrogen-bond acceptors (Lipinski definition) is 4. The Hall–Kier alpha value is -1.16. The zero-order valence-electron chi connectivity index (χ0n) is 7.36. The highest BCUT2D eigenvalue weighted by Crippen LogP contribution is 2.23. The molecule has 2 rings (SSSR count). The van der Waals surface area contributed by atoms with E-state index in [2.05, 4.69) is 17.1 Å². The first-order valence-corrected chi connectivity index (χ1v) is 5.08. The monoisotopic (exact) mass is 194 g/mol. The molecule has 0 saturated carbocycles. The van der Waals surface area contributed by atoms with Gasteiger partial charge in [0, 0.05) is 6.42 Å². The number of nitrogens with zero attached hydrogens (tertiary/aromatic N) is 2.